The van der Waals surface area contributed by atoms with Gasteiger partial charge in [0.1, 0.15) is 6.54 Å². The second-order valence-corrected chi connectivity index (χ2v) is 12.3. The van der Waals surface area contributed by atoms with Gasteiger partial charge in [0, 0.05) is 15.2 Å². The van der Waals surface area contributed by atoms with Crippen LogP contribution in [0.3, 0.4) is 0 Å². The van der Waals surface area contributed by atoms with Crippen molar-refractivity contribution in [3.05, 3.63) is 81.8 Å². The number of benzene rings is 3. The summed E-state index contributed by atoms with van der Waals surface area (Å²) < 4.78 is 54.0. The van der Waals surface area contributed by atoms with E-state index in [0.29, 0.717) is 32.1 Å². The van der Waals surface area contributed by atoms with Crippen molar-refractivity contribution < 1.29 is 21.6 Å². The summed E-state index contributed by atoms with van der Waals surface area (Å²) in [4.78, 5) is 12.5. The quantitative estimate of drug-likeness (QED) is 0.400. The Bertz CT molecular complexity index is 1430. The molecule has 0 aliphatic carbocycles. The van der Waals surface area contributed by atoms with E-state index in [0.717, 1.165) is 10.6 Å². The van der Waals surface area contributed by atoms with Gasteiger partial charge in [0.05, 0.1) is 22.5 Å². The molecule has 3 aromatic carbocycles. The monoisotopic (exact) mass is 585 g/mol. The maximum atomic E-state index is 12.7. The first-order valence-corrected chi connectivity index (χ1v) is 14.3. The van der Waals surface area contributed by atoms with Gasteiger partial charge in [-0.15, -0.1) is 0 Å². The van der Waals surface area contributed by atoms with Crippen LogP contribution in [-0.2, 0) is 24.8 Å². The van der Waals surface area contributed by atoms with Gasteiger partial charge in [-0.3, -0.25) is 13.8 Å². The molecule has 0 aliphatic rings. The summed E-state index contributed by atoms with van der Waals surface area (Å²) in [5.41, 5.74) is 1.59. The molecule has 0 saturated heterocycles. The Hall–Kier alpha value is -2.60. The van der Waals surface area contributed by atoms with Gasteiger partial charge in [0.15, 0.2) is 0 Å². The largest absolute Gasteiger partial charge is 0.325 e. The van der Waals surface area contributed by atoms with E-state index >= 15 is 0 Å². The molecule has 2 N–H and O–H groups in total. The zero-order valence-electron chi connectivity index (χ0n) is 18.1. The van der Waals surface area contributed by atoms with Crippen LogP contribution in [0.1, 0.15) is 5.56 Å². The number of anilines is 3. The minimum Gasteiger partial charge on any atom is -0.325 e. The Morgan fingerprint density at radius 3 is 2.26 bits per heavy atom. The predicted molar refractivity (Wildman–Crippen MR) is 138 cm³/mol. The highest BCUT2D eigenvalue weighted by Gasteiger charge is 2.21. The average molecular weight is 587 g/mol. The summed E-state index contributed by atoms with van der Waals surface area (Å²) in [6.45, 7) is 1.25. The fourth-order valence-corrected chi connectivity index (χ4v) is 5.53. The molecule has 12 heteroatoms. The van der Waals surface area contributed by atoms with E-state index < -0.39 is 32.5 Å². The molecular weight excluding hydrogens is 566 g/mol. The Labute approximate surface area is 212 Å². The molecule has 0 aliphatic heterocycles. The minimum atomic E-state index is -3.89. The first kappa shape index (κ1) is 26.0. The fourth-order valence-electron chi connectivity index (χ4n) is 3.00. The van der Waals surface area contributed by atoms with E-state index in [2.05, 4.69) is 26.0 Å². The molecule has 34 heavy (non-hydrogen) atoms. The van der Waals surface area contributed by atoms with Crippen LogP contribution in [0.25, 0.3) is 0 Å². The third kappa shape index (κ3) is 6.50. The van der Waals surface area contributed by atoms with E-state index in [1.54, 1.807) is 49.4 Å². The summed E-state index contributed by atoms with van der Waals surface area (Å²) in [5, 5.41) is 3.02. The summed E-state index contributed by atoms with van der Waals surface area (Å²) >= 11 is 9.34. The first-order valence-electron chi connectivity index (χ1n) is 9.78. The van der Waals surface area contributed by atoms with Gasteiger partial charge in [-0.2, -0.15) is 0 Å². The lowest BCUT2D eigenvalue weighted by Gasteiger charge is -2.22. The maximum Gasteiger partial charge on any atom is 0.261 e. The van der Waals surface area contributed by atoms with Crippen LogP contribution in [-0.4, -0.2) is 35.5 Å². The standard InChI is InChI=1S/C22H21BrClN3O5S2/c1-15-20(24)7-4-8-21(15)26-34(31,32)19-11-9-17(10-12-19)25-22(28)14-27(33(2,29)30)18-6-3-5-16(23)13-18/h3-13,26H,14H2,1-2H3,(H,25,28). The highest BCUT2D eigenvalue weighted by Crippen LogP contribution is 2.26. The zero-order chi connectivity index (χ0) is 25.1. The number of rotatable bonds is 8. The molecule has 0 radical (unpaired) electrons. The van der Waals surface area contributed by atoms with Crippen LogP contribution in [0, 0.1) is 6.92 Å². The highest BCUT2D eigenvalue weighted by molar-refractivity contribution is 9.10. The van der Waals surface area contributed by atoms with Gasteiger partial charge >= 0.3 is 0 Å². The van der Waals surface area contributed by atoms with Crippen molar-refractivity contribution >= 4 is 70.5 Å². The molecule has 3 rings (SSSR count). The van der Waals surface area contributed by atoms with E-state index in [4.69, 9.17) is 11.6 Å². The van der Waals surface area contributed by atoms with Gasteiger partial charge in [-0.25, -0.2) is 16.8 Å². The summed E-state index contributed by atoms with van der Waals surface area (Å²) in [5.74, 6) is -0.589. The van der Waals surface area contributed by atoms with Crippen LogP contribution >= 0.6 is 27.5 Å². The summed E-state index contributed by atoms with van der Waals surface area (Å²) in [6.07, 6.45) is 1.01. The number of hydrogen-bond donors (Lipinski definition) is 2. The molecule has 0 heterocycles. The highest BCUT2D eigenvalue weighted by atomic mass is 79.9. The summed E-state index contributed by atoms with van der Waals surface area (Å²) in [6, 6.07) is 17.0. The number of nitrogens with one attached hydrogen (secondary N) is 2. The van der Waals surface area contributed by atoms with Crippen molar-refractivity contribution in [1.82, 2.24) is 0 Å². The fraction of sp³-hybridized carbons (Fsp3) is 0.136. The SMILES string of the molecule is Cc1c(Cl)cccc1NS(=O)(=O)c1ccc(NC(=O)CN(c2cccc(Br)c2)S(C)(=O)=O)cc1. The van der Waals surface area contributed by atoms with Gasteiger partial charge in [-0.1, -0.05) is 39.7 Å². The second-order valence-electron chi connectivity index (χ2n) is 7.34. The molecule has 0 spiro atoms. The second kappa shape index (κ2) is 10.3. The van der Waals surface area contributed by atoms with Crippen LogP contribution in [0.15, 0.2) is 76.1 Å². The molecule has 0 fully saturated rings. The lowest BCUT2D eigenvalue weighted by Crippen LogP contribution is -2.37. The molecule has 3 aromatic rings. The number of halogens is 2. The zero-order valence-corrected chi connectivity index (χ0v) is 22.1. The number of nitrogens with zero attached hydrogens (tertiary/aromatic N) is 1. The number of carbonyl (C=O) groups excluding carboxylic acids is 1. The van der Waals surface area contributed by atoms with Crippen molar-refractivity contribution in [1.29, 1.82) is 0 Å². The molecule has 0 aromatic heterocycles. The number of carbonyl (C=O) groups is 1. The smallest absolute Gasteiger partial charge is 0.261 e. The Morgan fingerprint density at radius 2 is 1.65 bits per heavy atom. The number of amides is 1. The molecule has 0 unspecified atom stereocenters. The normalized spacial score (nSPS) is 11.6. The minimum absolute atomic E-state index is 0.0169. The van der Waals surface area contributed by atoms with Crippen molar-refractivity contribution in [3.8, 4) is 0 Å². The van der Waals surface area contributed by atoms with Gasteiger partial charge in [0.25, 0.3) is 10.0 Å². The molecule has 180 valence electrons. The van der Waals surface area contributed by atoms with Gasteiger partial charge < -0.3 is 5.32 Å². The molecule has 0 saturated carbocycles. The lowest BCUT2D eigenvalue weighted by molar-refractivity contribution is -0.114. The topological polar surface area (TPSA) is 113 Å². The van der Waals surface area contributed by atoms with Crippen molar-refractivity contribution in [2.75, 3.05) is 27.1 Å². The Morgan fingerprint density at radius 1 is 1.00 bits per heavy atom. The van der Waals surface area contributed by atoms with E-state index in [9.17, 15) is 21.6 Å². The average Bonchev–Trinajstić information content (AvgIpc) is 2.75. The Kier molecular flexibility index (Phi) is 7.91. The van der Waals surface area contributed by atoms with Gasteiger partial charge in [-0.05, 0) is 67.1 Å². The third-order valence-electron chi connectivity index (χ3n) is 4.74. The number of hydrogen-bond acceptors (Lipinski definition) is 5. The van der Waals surface area contributed by atoms with Crippen LogP contribution in [0.5, 0.6) is 0 Å². The summed E-state index contributed by atoms with van der Waals surface area (Å²) in [7, 11) is -7.62. The van der Waals surface area contributed by atoms with Crippen molar-refractivity contribution in [3.63, 3.8) is 0 Å². The molecule has 0 atom stereocenters. The third-order valence-corrected chi connectivity index (χ3v) is 8.17. The predicted octanol–water partition coefficient (Wildman–Crippen LogP) is 4.62. The molecule has 1 amide bonds. The molecule has 0 bridgehead atoms. The van der Waals surface area contributed by atoms with Crippen molar-refractivity contribution in [2.24, 2.45) is 0 Å². The van der Waals surface area contributed by atoms with E-state index in [1.807, 2.05) is 0 Å². The van der Waals surface area contributed by atoms with Crippen molar-refractivity contribution in [2.45, 2.75) is 11.8 Å². The van der Waals surface area contributed by atoms with Crippen LogP contribution < -0.4 is 14.3 Å². The molecule has 8 nitrogen and oxygen atoms in total. The van der Waals surface area contributed by atoms with Crippen LogP contribution in [0.2, 0.25) is 5.02 Å². The lowest BCUT2D eigenvalue weighted by atomic mass is 10.2. The first-order chi connectivity index (χ1) is 15.9. The number of sulfonamides is 2. The van der Waals surface area contributed by atoms with E-state index in [1.165, 1.54) is 24.3 Å². The Balaban J connectivity index is 1.73. The van der Waals surface area contributed by atoms with Crippen LogP contribution in [0.4, 0.5) is 17.1 Å². The molecular formula is C22H21BrClN3O5S2. The maximum absolute atomic E-state index is 12.7. The van der Waals surface area contributed by atoms with Gasteiger partial charge in [0.2, 0.25) is 15.9 Å². The van der Waals surface area contributed by atoms with E-state index in [-0.39, 0.29) is 4.90 Å².